The number of amides is 1. The fourth-order valence-corrected chi connectivity index (χ4v) is 3.19. The molecule has 26 heavy (non-hydrogen) atoms. The van der Waals surface area contributed by atoms with Crippen LogP contribution in [-0.2, 0) is 11.3 Å². The van der Waals surface area contributed by atoms with Crippen LogP contribution < -0.4 is 5.32 Å². The summed E-state index contributed by atoms with van der Waals surface area (Å²) in [6.45, 7) is 6.42. The van der Waals surface area contributed by atoms with Gasteiger partial charge in [-0.25, -0.2) is 9.36 Å². The average Bonchev–Trinajstić information content (AvgIpc) is 3.25. The second kappa shape index (κ2) is 8.13. The van der Waals surface area contributed by atoms with Crippen molar-refractivity contribution in [3.05, 3.63) is 48.2 Å². The molecule has 0 spiro atoms. The maximum Gasteiger partial charge on any atom is 0.238 e. The van der Waals surface area contributed by atoms with Crippen molar-refractivity contribution in [1.29, 1.82) is 0 Å². The second-order valence-electron chi connectivity index (χ2n) is 6.11. The van der Waals surface area contributed by atoms with Crippen molar-refractivity contribution in [2.24, 2.45) is 0 Å². The van der Waals surface area contributed by atoms with Gasteiger partial charge in [-0.3, -0.25) is 4.79 Å². The van der Waals surface area contributed by atoms with Gasteiger partial charge < -0.3 is 5.32 Å². The maximum atomic E-state index is 12.5. The van der Waals surface area contributed by atoms with Crippen LogP contribution in [0.25, 0.3) is 0 Å². The molecule has 8 nitrogen and oxygen atoms in total. The number of hydrogen-bond acceptors (Lipinski definition) is 6. The summed E-state index contributed by atoms with van der Waals surface area (Å²) >= 11 is 1.33. The minimum Gasteiger partial charge on any atom is -0.310 e. The van der Waals surface area contributed by atoms with Crippen LogP contribution in [0.15, 0.2) is 47.8 Å². The Morgan fingerprint density at radius 3 is 2.69 bits per heavy atom. The normalized spacial score (nSPS) is 12.3. The first-order valence-electron chi connectivity index (χ1n) is 8.35. The van der Waals surface area contributed by atoms with Gasteiger partial charge in [0.25, 0.3) is 0 Å². The fourth-order valence-electron chi connectivity index (χ4n) is 2.40. The smallest absolute Gasteiger partial charge is 0.238 e. The number of thioether (sulfide) groups is 1. The molecule has 1 amide bonds. The molecule has 1 atom stereocenters. The van der Waals surface area contributed by atoms with E-state index in [0.717, 1.165) is 5.56 Å². The predicted molar refractivity (Wildman–Crippen MR) is 99.9 cm³/mol. The number of aromatic nitrogens is 6. The predicted octanol–water partition coefficient (Wildman–Crippen LogP) is 2.62. The lowest BCUT2D eigenvalue weighted by Gasteiger charge is -2.14. The second-order valence-corrected chi connectivity index (χ2v) is 7.42. The van der Waals surface area contributed by atoms with Crippen molar-refractivity contribution < 1.29 is 4.79 Å². The highest BCUT2D eigenvalue weighted by molar-refractivity contribution is 8.00. The summed E-state index contributed by atoms with van der Waals surface area (Å²) in [6.07, 6.45) is 1.67. The highest BCUT2D eigenvalue weighted by Gasteiger charge is 2.20. The molecule has 3 rings (SSSR count). The topological polar surface area (TPSA) is 90.5 Å². The molecule has 0 saturated heterocycles. The minimum atomic E-state index is -0.356. The van der Waals surface area contributed by atoms with Crippen LogP contribution in [0.4, 0.5) is 5.82 Å². The van der Waals surface area contributed by atoms with Crippen molar-refractivity contribution in [3.63, 3.8) is 0 Å². The monoisotopic (exact) mass is 371 g/mol. The van der Waals surface area contributed by atoms with E-state index in [-0.39, 0.29) is 17.2 Å². The fraction of sp³-hybridized carbons (Fsp3) is 0.353. The standard InChI is InChI=1S/C17H21N7OS/c1-12(2)24-15(9-10-18-24)19-16(25)13(3)26-17-20-21-22-23(17)11-14-7-5-4-6-8-14/h4-10,12-13H,11H2,1-3H3,(H,19,25). The number of carbonyl (C=O) groups excluding carboxylic acids is 1. The zero-order valence-corrected chi connectivity index (χ0v) is 15.7. The van der Waals surface area contributed by atoms with Crippen molar-refractivity contribution in [3.8, 4) is 0 Å². The SMILES string of the molecule is CC(Sc1nnnn1Cc1ccccc1)C(=O)Nc1ccnn1C(C)C. The Morgan fingerprint density at radius 2 is 1.96 bits per heavy atom. The van der Waals surface area contributed by atoms with E-state index < -0.39 is 0 Å². The van der Waals surface area contributed by atoms with Crippen LogP contribution in [0, 0.1) is 0 Å². The zero-order valence-electron chi connectivity index (χ0n) is 14.9. The third-order valence-electron chi connectivity index (χ3n) is 3.74. The van der Waals surface area contributed by atoms with Crippen LogP contribution in [-0.4, -0.2) is 41.1 Å². The average molecular weight is 371 g/mol. The summed E-state index contributed by atoms with van der Waals surface area (Å²) in [5.74, 6) is 0.563. The summed E-state index contributed by atoms with van der Waals surface area (Å²) in [7, 11) is 0. The molecule has 0 radical (unpaired) electrons. The molecule has 3 aromatic rings. The Kier molecular flexibility index (Phi) is 5.67. The van der Waals surface area contributed by atoms with Gasteiger partial charge in [-0.2, -0.15) is 5.10 Å². The van der Waals surface area contributed by atoms with E-state index in [4.69, 9.17) is 0 Å². The van der Waals surface area contributed by atoms with Gasteiger partial charge in [-0.05, 0) is 36.8 Å². The summed E-state index contributed by atoms with van der Waals surface area (Å²) in [5, 5.41) is 19.2. The minimum absolute atomic E-state index is 0.119. The maximum absolute atomic E-state index is 12.5. The van der Waals surface area contributed by atoms with Crippen LogP contribution in [0.5, 0.6) is 0 Å². The van der Waals surface area contributed by atoms with Crippen molar-refractivity contribution in [2.75, 3.05) is 5.32 Å². The van der Waals surface area contributed by atoms with Crippen molar-refractivity contribution in [1.82, 2.24) is 30.0 Å². The Labute approximate surface area is 156 Å². The summed E-state index contributed by atoms with van der Waals surface area (Å²) < 4.78 is 3.47. The van der Waals surface area contributed by atoms with E-state index in [1.165, 1.54) is 11.8 Å². The molecule has 0 bridgehead atoms. The van der Waals surface area contributed by atoms with E-state index in [1.54, 1.807) is 21.6 Å². The lowest BCUT2D eigenvalue weighted by atomic mass is 10.2. The molecule has 0 aliphatic carbocycles. The number of nitrogens with zero attached hydrogens (tertiary/aromatic N) is 6. The van der Waals surface area contributed by atoms with Crippen molar-refractivity contribution >= 4 is 23.5 Å². The summed E-state index contributed by atoms with van der Waals surface area (Å²) in [5.41, 5.74) is 1.10. The molecule has 1 unspecified atom stereocenters. The third-order valence-corrected chi connectivity index (χ3v) is 4.81. The molecule has 0 aliphatic heterocycles. The number of rotatable bonds is 7. The molecular formula is C17H21N7OS. The van der Waals surface area contributed by atoms with E-state index in [0.29, 0.717) is 17.5 Å². The number of carbonyl (C=O) groups is 1. The number of tetrazole rings is 1. The van der Waals surface area contributed by atoms with Crippen LogP contribution in [0.1, 0.15) is 32.4 Å². The first kappa shape index (κ1) is 18.1. The number of hydrogen-bond donors (Lipinski definition) is 1. The number of nitrogens with one attached hydrogen (secondary N) is 1. The van der Waals surface area contributed by atoms with Gasteiger partial charge in [0.15, 0.2) is 0 Å². The van der Waals surface area contributed by atoms with Crippen molar-refractivity contribution in [2.45, 2.75) is 43.8 Å². The van der Waals surface area contributed by atoms with Crippen LogP contribution in [0.3, 0.4) is 0 Å². The molecule has 2 heterocycles. The Balaban J connectivity index is 1.65. The van der Waals surface area contributed by atoms with E-state index in [2.05, 4.69) is 25.9 Å². The summed E-state index contributed by atoms with van der Waals surface area (Å²) in [4.78, 5) is 12.5. The number of benzene rings is 1. The molecule has 2 aromatic heterocycles. The quantitative estimate of drug-likeness (QED) is 0.642. The van der Waals surface area contributed by atoms with Gasteiger partial charge >= 0.3 is 0 Å². The Hall–Kier alpha value is -2.68. The Morgan fingerprint density at radius 1 is 1.19 bits per heavy atom. The van der Waals surface area contributed by atoms with Crippen LogP contribution in [0.2, 0.25) is 0 Å². The molecule has 0 aliphatic rings. The third kappa shape index (κ3) is 4.29. The lowest BCUT2D eigenvalue weighted by molar-refractivity contribution is -0.115. The Bertz CT molecular complexity index is 859. The van der Waals surface area contributed by atoms with Gasteiger partial charge in [-0.1, -0.05) is 42.1 Å². The first-order chi connectivity index (χ1) is 12.5. The molecule has 136 valence electrons. The van der Waals surface area contributed by atoms with Crippen LogP contribution >= 0.6 is 11.8 Å². The molecule has 1 aromatic carbocycles. The van der Waals surface area contributed by atoms with E-state index in [9.17, 15) is 4.79 Å². The highest BCUT2D eigenvalue weighted by atomic mass is 32.2. The molecular weight excluding hydrogens is 350 g/mol. The lowest BCUT2D eigenvalue weighted by Crippen LogP contribution is -2.25. The molecule has 1 N–H and O–H groups in total. The largest absolute Gasteiger partial charge is 0.310 e. The van der Waals surface area contributed by atoms with Gasteiger partial charge in [0.05, 0.1) is 18.0 Å². The van der Waals surface area contributed by atoms with Gasteiger partial charge in [0.2, 0.25) is 11.1 Å². The first-order valence-corrected chi connectivity index (χ1v) is 9.23. The summed E-state index contributed by atoms with van der Waals surface area (Å²) in [6, 6.07) is 11.9. The van der Waals surface area contributed by atoms with Gasteiger partial charge in [0.1, 0.15) is 5.82 Å². The number of anilines is 1. The molecule has 0 fully saturated rings. The van der Waals surface area contributed by atoms with E-state index >= 15 is 0 Å². The molecule has 9 heteroatoms. The highest BCUT2D eigenvalue weighted by Crippen LogP contribution is 2.22. The van der Waals surface area contributed by atoms with Gasteiger partial charge in [-0.15, -0.1) is 5.10 Å². The van der Waals surface area contributed by atoms with Gasteiger partial charge in [0, 0.05) is 12.1 Å². The van der Waals surface area contributed by atoms with E-state index in [1.807, 2.05) is 51.1 Å². The molecule has 0 saturated carbocycles. The zero-order chi connectivity index (χ0) is 18.5.